The van der Waals surface area contributed by atoms with Crippen LogP contribution < -0.4 is 9.47 Å². The number of aromatic hydroxyl groups is 2. The van der Waals surface area contributed by atoms with E-state index in [2.05, 4.69) is 53.7 Å². The Morgan fingerprint density at radius 1 is 0.560 bits per heavy atom. The van der Waals surface area contributed by atoms with Gasteiger partial charge in [0, 0.05) is 33.1 Å². The molecule has 4 aromatic carbocycles. The summed E-state index contributed by atoms with van der Waals surface area (Å²) in [5.41, 5.74) is 6.20. The molecule has 0 saturated heterocycles. The van der Waals surface area contributed by atoms with Gasteiger partial charge in [0.15, 0.2) is 23.0 Å². The molecule has 2 atom stereocenters. The number of benzene rings is 4. The van der Waals surface area contributed by atoms with Crippen molar-refractivity contribution in [2.75, 3.05) is 0 Å². The van der Waals surface area contributed by atoms with Crippen molar-refractivity contribution in [3.05, 3.63) is 118 Å². The molecule has 1 aliphatic carbocycles. The minimum Gasteiger partial charge on any atom is -0.504 e. The van der Waals surface area contributed by atoms with E-state index in [-0.39, 0.29) is 22.3 Å². The lowest BCUT2D eigenvalue weighted by Crippen LogP contribution is -2.22. The van der Waals surface area contributed by atoms with Crippen LogP contribution in [-0.4, -0.2) is 20.7 Å². The molecule has 0 heterocycles. The second-order valence-electron chi connectivity index (χ2n) is 15.7. The van der Waals surface area contributed by atoms with E-state index in [1.165, 1.54) is 25.7 Å². The molecule has 268 valence electrons. The van der Waals surface area contributed by atoms with Gasteiger partial charge in [0.05, 0.1) is 0 Å². The number of rotatable bonds is 12. The van der Waals surface area contributed by atoms with Crippen LogP contribution in [0.3, 0.4) is 0 Å². The predicted octanol–water partition coefficient (Wildman–Crippen LogP) is 12.1. The second-order valence-corrected chi connectivity index (χ2v) is 18.2. The number of thioether (sulfide) groups is 2. The molecule has 4 aromatic rings. The molecule has 0 spiro atoms. The minimum atomic E-state index is -0.0795. The molecule has 1 fully saturated rings. The highest BCUT2D eigenvalue weighted by Crippen LogP contribution is 2.44. The van der Waals surface area contributed by atoms with Crippen molar-refractivity contribution in [1.82, 2.24) is 0 Å². The van der Waals surface area contributed by atoms with Crippen LogP contribution in [0.1, 0.15) is 113 Å². The van der Waals surface area contributed by atoms with Gasteiger partial charge in [-0.05, 0) is 58.1 Å². The van der Waals surface area contributed by atoms with Gasteiger partial charge in [0.1, 0.15) is 13.2 Å². The summed E-state index contributed by atoms with van der Waals surface area (Å²) in [6.07, 6.45) is 7.28. The maximum absolute atomic E-state index is 11.5. The zero-order valence-corrected chi connectivity index (χ0v) is 32.5. The monoisotopic (exact) mass is 712 g/mol. The molecular weight excluding hydrogens is 657 g/mol. The summed E-state index contributed by atoms with van der Waals surface area (Å²) in [6.45, 7) is 14.1. The predicted molar refractivity (Wildman–Crippen MR) is 213 cm³/mol. The molecule has 0 aromatic heterocycles. The largest absolute Gasteiger partial charge is 0.504 e. The normalized spacial score (nSPS) is 17.2. The van der Waals surface area contributed by atoms with Gasteiger partial charge in [-0.3, -0.25) is 0 Å². The van der Waals surface area contributed by atoms with Crippen LogP contribution in [0, 0.1) is 0 Å². The third-order valence-electron chi connectivity index (χ3n) is 9.56. The van der Waals surface area contributed by atoms with E-state index in [9.17, 15) is 10.2 Å². The molecule has 0 amide bonds. The standard InChI is InChI=1S/C44H56O4S2/c1-43(2,3)35-23-33(41(45)37(25-35)47-27-31-17-11-9-12-18-31)29-49-39-21-15-7-8-16-22-40(39)50-30-34-24-36(44(4,5)6)26-38(42(34)46)48-28-32-19-13-10-14-20-32/h9-14,17-20,23-26,39-40,45-46H,7-8,15-16,21-22,27-30H2,1-6H3/t39-,40-/m0/s1. The van der Waals surface area contributed by atoms with Gasteiger partial charge in [-0.25, -0.2) is 0 Å². The van der Waals surface area contributed by atoms with Crippen molar-refractivity contribution >= 4 is 23.5 Å². The maximum atomic E-state index is 11.5. The fraction of sp³-hybridized carbons (Fsp3) is 0.455. The second kappa shape index (κ2) is 17.3. The van der Waals surface area contributed by atoms with Gasteiger partial charge in [-0.1, -0.05) is 140 Å². The number of ether oxygens (including phenoxy) is 2. The Kier molecular flexibility index (Phi) is 13.2. The number of phenolic OH excluding ortho intramolecular Hbond substituents is 2. The highest BCUT2D eigenvalue weighted by molar-refractivity contribution is 8.03. The lowest BCUT2D eigenvalue weighted by molar-refractivity contribution is 0.287. The molecule has 0 bridgehead atoms. The molecule has 1 saturated carbocycles. The number of phenols is 2. The Bertz CT molecular complexity index is 1530. The van der Waals surface area contributed by atoms with Crippen LogP contribution in [-0.2, 0) is 35.5 Å². The topological polar surface area (TPSA) is 58.9 Å². The van der Waals surface area contributed by atoms with E-state index < -0.39 is 0 Å². The molecule has 2 N–H and O–H groups in total. The van der Waals surface area contributed by atoms with E-state index in [0.717, 1.165) is 57.7 Å². The fourth-order valence-electron chi connectivity index (χ4n) is 6.30. The zero-order valence-electron chi connectivity index (χ0n) is 30.8. The fourth-order valence-corrected chi connectivity index (χ4v) is 9.37. The molecule has 4 nitrogen and oxygen atoms in total. The summed E-state index contributed by atoms with van der Waals surface area (Å²) in [6, 6.07) is 28.6. The van der Waals surface area contributed by atoms with Crippen LogP contribution in [0.4, 0.5) is 0 Å². The van der Waals surface area contributed by atoms with Gasteiger partial charge < -0.3 is 19.7 Å². The van der Waals surface area contributed by atoms with E-state index >= 15 is 0 Å². The maximum Gasteiger partial charge on any atom is 0.162 e. The summed E-state index contributed by atoms with van der Waals surface area (Å²) in [5, 5.41) is 23.8. The third-order valence-corrected chi connectivity index (χ3v) is 12.7. The van der Waals surface area contributed by atoms with Crippen molar-refractivity contribution in [2.24, 2.45) is 0 Å². The van der Waals surface area contributed by atoms with Crippen LogP contribution in [0.2, 0.25) is 0 Å². The molecule has 50 heavy (non-hydrogen) atoms. The first-order valence-corrected chi connectivity index (χ1v) is 20.3. The summed E-state index contributed by atoms with van der Waals surface area (Å²) in [5.74, 6) is 3.06. The van der Waals surface area contributed by atoms with Crippen LogP contribution in [0.5, 0.6) is 23.0 Å². The summed E-state index contributed by atoms with van der Waals surface area (Å²) >= 11 is 3.94. The van der Waals surface area contributed by atoms with Crippen molar-refractivity contribution in [3.63, 3.8) is 0 Å². The first-order chi connectivity index (χ1) is 23.9. The molecular formula is C44H56O4S2. The summed E-state index contributed by atoms with van der Waals surface area (Å²) in [7, 11) is 0. The highest BCUT2D eigenvalue weighted by Gasteiger charge is 2.27. The Morgan fingerprint density at radius 3 is 1.30 bits per heavy atom. The van der Waals surface area contributed by atoms with Crippen LogP contribution in [0.15, 0.2) is 84.9 Å². The zero-order chi connectivity index (χ0) is 35.7. The van der Waals surface area contributed by atoms with Crippen LogP contribution >= 0.6 is 23.5 Å². The van der Waals surface area contributed by atoms with Crippen molar-refractivity contribution in [3.8, 4) is 23.0 Å². The van der Waals surface area contributed by atoms with Crippen molar-refractivity contribution in [2.45, 2.75) is 126 Å². The van der Waals surface area contributed by atoms with Gasteiger partial charge in [0.25, 0.3) is 0 Å². The molecule has 1 aliphatic rings. The van der Waals surface area contributed by atoms with Gasteiger partial charge in [-0.15, -0.1) is 0 Å². The third kappa shape index (κ3) is 10.6. The lowest BCUT2D eigenvalue weighted by Gasteiger charge is -2.30. The Balaban J connectivity index is 1.34. The van der Waals surface area contributed by atoms with E-state index in [0.29, 0.717) is 35.2 Å². The SMILES string of the molecule is CC(C)(C)c1cc(CS[C@H]2CCCCCC[C@@H]2SCc2cc(C(C)(C)C)cc(OCc3ccccc3)c2O)c(O)c(OCc2ccccc2)c1. The van der Waals surface area contributed by atoms with E-state index in [1.54, 1.807) is 0 Å². The quantitative estimate of drug-likeness (QED) is 0.152. The van der Waals surface area contributed by atoms with Crippen LogP contribution in [0.25, 0.3) is 0 Å². The van der Waals surface area contributed by atoms with Crippen molar-refractivity contribution in [1.29, 1.82) is 0 Å². The highest BCUT2D eigenvalue weighted by atomic mass is 32.2. The summed E-state index contributed by atoms with van der Waals surface area (Å²) < 4.78 is 12.5. The molecule has 0 unspecified atom stereocenters. The summed E-state index contributed by atoms with van der Waals surface area (Å²) in [4.78, 5) is 0. The minimum absolute atomic E-state index is 0.0795. The molecule has 5 rings (SSSR count). The number of hydrogen-bond acceptors (Lipinski definition) is 6. The molecule has 0 radical (unpaired) electrons. The van der Waals surface area contributed by atoms with Gasteiger partial charge >= 0.3 is 0 Å². The first-order valence-electron chi connectivity index (χ1n) is 18.2. The average Bonchev–Trinajstić information content (AvgIpc) is 3.07. The first kappa shape index (κ1) is 38.0. The van der Waals surface area contributed by atoms with Gasteiger partial charge in [0.2, 0.25) is 0 Å². The van der Waals surface area contributed by atoms with Crippen molar-refractivity contribution < 1.29 is 19.7 Å². The smallest absolute Gasteiger partial charge is 0.162 e. The Hall–Kier alpha value is -3.22. The molecule has 6 heteroatoms. The van der Waals surface area contributed by atoms with E-state index in [4.69, 9.17) is 9.47 Å². The Labute approximate surface area is 309 Å². The number of hydrogen-bond donors (Lipinski definition) is 2. The lowest BCUT2D eigenvalue weighted by atomic mass is 9.86. The molecule has 0 aliphatic heterocycles. The average molecular weight is 713 g/mol. The Morgan fingerprint density at radius 2 is 0.940 bits per heavy atom. The van der Waals surface area contributed by atoms with E-state index in [1.807, 2.05) is 96.3 Å². The van der Waals surface area contributed by atoms with Gasteiger partial charge in [-0.2, -0.15) is 23.5 Å².